The largest absolute Gasteiger partial charge is 0.352 e. The van der Waals surface area contributed by atoms with Gasteiger partial charge in [-0.3, -0.25) is 4.98 Å². The minimum Gasteiger partial charge on any atom is -0.352 e. The van der Waals surface area contributed by atoms with Gasteiger partial charge in [-0.05, 0) is 49.4 Å². The molecule has 23 heavy (non-hydrogen) atoms. The maximum atomic E-state index is 6.18. The van der Waals surface area contributed by atoms with Gasteiger partial charge in [-0.15, -0.1) is 0 Å². The molecule has 0 fully saturated rings. The van der Waals surface area contributed by atoms with Crippen LogP contribution in [0.5, 0.6) is 0 Å². The Hall–Kier alpha value is -1.13. The Morgan fingerprint density at radius 2 is 1.78 bits per heavy atom. The van der Waals surface area contributed by atoms with Crippen molar-refractivity contribution in [3.63, 3.8) is 0 Å². The van der Waals surface area contributed by atoms with Crippen LogP contribution in [0.3, 0.4) is 0 Å². The number of methoxy groups -OCH3 is 2. The number of hydrogen-bond acceptors (Lipinski definition) is 3. The summed E-state index contributed by atoms with van der Waals surface area (Å²) >= 11 is 12.2. The quantitative estimate of drug-likeness (QED) is 0.644. The zero-order chi connectivity index (χ0) is 16.8. The molecule has 0 amide bonds. The first-order chi connectivity index (χ1) is 11.0. The van der Waals surface area contributed by atoms with Crippen LogP contribution < -0.4 is 0 Å². The van der Waals surface area contributed by atoms with Gasteiger partial charge < -0.3 is 9.47 Å². The van der Waals surface area contributed by atoms with Gasteiger partial charge in [-0.2, -0.15) is 0 Å². The van der Waals surface area contributed by atoms with E-state index in [1.807, 2.05) is 19.1 Å². The van der Waals surface area contributed by atoms with Gasteiger partial charge in [0, 0.05) is 36.7 Å². The van der Waals surface area contributed by atoms with Crippen LogP contribution >= 0.6 is 23.2 Å². The molecule has 0 bridgehead atoms. The second-order valence-electron chi connectivity index (χ2n) is 5.44. The standard InChI is InChI=1S/C18H21Cl2NO2/c1-12-9-13(7-8-16(12)19)5-4-6-14-10-15(17(20)11-21-14)18(22-2)23-3/h7-11,18H,4-6H2,1-3H3. The molecule has 3 nitrogen and oxygen atoms in total. The third-order valence-corrected chi connectivity index (χ3v) is 4.48. The maximum Gasteiger partial charge on any atom is 0.184 e. The Labute approximate surface area is 147 Å². The van der Waals surface area contributed by atoms with Crippen molar-refractivity contribution in [1.82, 2.24) is 4.98 Å². The molecule has 2 rings (SSSR count). The van der Waals surface area contributed by atoms with Gasteiger partial charge in [-0.1, -0.05) is 35.3 Å². The van der Waals surface area contributed by atoms with Crippen molar-refractivity contribution >= 4 is 23.2 Å². The van der Waals surface area contributed by atoms with Gasteiger partial charge in [0.25, 0.3) is 0 Å². The summed E-state index contributed by atoms with van der Waals surface area (Å²) in [7, 11) is 3.18. The third kappa shape index (κ3) is 4.92. The fraction of sp³-hybridized carbons (Fsp3) is 0.389. The highest BCUT2D eigenvalue weighted by Crippen LogP contribution is 2.26. The van der Waals surface area contributed by atoms with Gasteiger partial charge in [0.05, 0.1) is 5.02 Å². The highest BCUT2D eigenvalue weighted by molar-refractivity contribution is 6.31. The first-order valence-electron chi connectivity index (χ1n) is 7.50. The molecule has 0 radical (unpaired) electrons. The number of aryl methyl sites for hydroxylation is 3. The van der Waals surface area contributed by atoms with Crippen LogP contribution in [0.2, 0.25) is 10.0 Å². The number of nitrogens with zero attached hydrogens (tertiary/aromatic N) is 1. The van der Waals surface area contributed by atoms with Crippen LogP contribution in [0.15, 0.2) is 30.5 Å². The Bertz CT molecular complexity index is 657. The smallest absolute Gasteiger partial charge is 0.184 e. The molecule has 1 aromatic carbocycles. The summed E-state index contributed by atoms with van der Waals surface area (Å²) < 4.78 is 10.5. The van der Waals surface area contributed by atoms with Crippen LogP contribution in [0.1, 0.15) is 35.1 Å². The fourth-order valence-electron chi connectivity index (χ4n) is 2.50. The second kappa shape index (κ2) is 8.65. The molecule has 1 heterocycles. The summed E-state index contributed by atoms with van der Waals surface area (Å²) in [5.41, 5.74) is 4.19. The topological polar surface area (TPSA) is 31.4 Å². The van der Waals surface area contributed by atoms with E-state index < -0.39 is 6.29 Å². The number of aromatic nitrogens is 1. The zero-order valence-corrected chi connectivity index (χ0v) is 15.1. The summed E-state index contributed by atoms with van der Waals surface area (Å²) in [6, 6.07) is 8.11. The van der Waals surface area contributed by atoms with E-state index >= 15 is 0 Å². The predicted octanol–water partition coefficient (Wildman–Crippen LogP) is 5.16. The average molecular weight is 354 g/mol. The molecule has 5 heteroatoms. The van der Waals surface area contributed by atoms with Crippen LogP contribution in [0.4, 0.5) is 0 Å². The van der Waals surface area contributed by atoms with Crippen LogP contribution in [0, 0.1) is 6.92 Å². The molecule has 0 unspecified atom stereocenters. The number of pyridine rings is 1. The molecule has 0 atom stereocenters. The molecule has 0 spiro atoms. The number of halogens is 2. The SMILES string of the molecule is COC(OC)c1cc(CCCc2ccc(Cl)c(C)c2)ncc1Cl. The van der Waals surface area contributed by atoms with Gasteiger partial charge in [0.15, 0.2) is 6.29 Å². The van der Waals surface area contributed by atoms with E-state index in [4.69, 9.17) is 32.7 Å². The summed E-state index contributed by atoms with van der Waals surface area (Å²) in [6.45, 7) is 2.02. The van der Waals surface area contributed by atoms with Crippen LogP contribution in [-0.2, 0) is 22.3 Å². The molecule has 124 valence electrons. The lowest BCUT2D eigenvalue weighted by atomic mass is 10.0. The van der Waals surface area contributed by atoms with E-state index in [2.05, 4.69) is 17.1 Å². The van der Waals surface area contributed by atoms with E-state index in [0.29, 0.717) is 5.02 Å². The number of benzene rings is 1. The fourth-order valence-corrected chi connectivity index (χ4v) is 2.81. The monoisotopic (exact) mass is 353 g/mol. The van der Waals surface area contributed by atoms with Crippen molar-refractivity contribution in [2.75, 3.05) is 14.2 Å². The van der Waals surface area contributed by atoms with Gasteiger partial charge in [0.2, 0.25) is 0 Å². The van der Waals surface area contributed by atoms with Crippen molar-refractivity contribution in [3.05, 3.63) is 62.9 Å². The van der Waals surface area contributed by atoms with Crippen molar-refractivity contribution in [3.8, 4) is 0 Å². The summed E-state index contributed by atoms with van der Waals surface area (Å²) in [4.78, 5) is 4.39. The average Bonchev–Trinajstić information content (AvgIpc) is 2.54. The normalized spacial score (nSPS) is 11.2. The molecule has 0 saturated heterocycles. The number of hydrogen-bond donors (Lipinski definition) is 0. The van der Waals surface area contributed by atoms with Crippen molar-refractivity contribution in [2.45, 2.75) is 32.5 Å². The van der Waals surface area contributed by atoms with E-state index in [0.717, 1.165) is 41.1 Å². The minimum absolute atomic E-state index is 0.469. The van der Waals surface area contributed by atoms with Crippen molar-refractivity contribution < 1.29 is 9.47 Å². The second-order valence-corrected chi connectivity index (χ2v) is 6.25. The highest BCUT2D eigenvalue weighted by Gasteiger charge is 2.14. The Balaban J connectivity index is 2.00. The van der Waals surface area contributed by atoms with Crippen LogP contribution in [-0.4, -0.2) is 19.2 Å². The molecule has 0 saturated carbocycles. The summed E-state index contributed by atoms with van der Waals surface area (Å²) in [6.07, 6.45) is 4.04. The molecule has 0 N–H and O–H groups in total. The van der Waals surface area contributed by atoms with E-state index in [-0.39, 0.29) is 0 Å². The van der Waals surface area contributed by atoms with Crippen molar-refractivity contribution in [1.29, 1.82) is 0 Å². The molecular formula is C18H21Cl2NO2. The molecule has 2 aromatic rings. The predicted molar refractivity (Wildman–Crippen MR) is 94.2 cm³/mol. The third-order valence-electron chi connectivity index (χ3n) is 3.74. The lowest BCUT2D eigenvalue weighted by Gasteiger charge is -2.15. The molecular weight excluding hydrogens is 333 g/mol. The molecule has 0 aliphatic heterocycles. The Kier molecular flexibility index (Phi) is 6.85. The Morgan fingerprint density at radius 3 is 2.43 bits per heavy atom. The van der Waals surface area contributed by atoms with E-state index in [1.165, 1.54) is 5.56 Å². The Morgan fingerprint density at radius 1 is 1.04 bits per heavy atom. The number of ether oxygens (including phenoxy) is 2. The summed E-state index contributed by atoms with van der Waals surface area (Å²) in [5, 5.41) is 1.36. The lowest BCUT2D eigenvalue weighted by Crippen LogP contribution is -2.06. The summed E-state index contributed by atoms with van der Waals surface area (Å²) in [5.74, 6) is 0. The first-order valence-corrected chi connectivity index (χ1v) is 8.25. The van der Waals surface area contributed by atoms with E-state index in [1.54, 1.807) is 20.4 Å². The zero-order valence-electron chi connectivity index (χ0n) is 13.6. The van der Waals surface area contributed by atoms with Gasteiger partial charge >= 0.3 is 0 Å². The maximum absolute atomic E-state index is 6.18. The van der Waals surface area contributed by atoms with Gasteiger partial charge in [0.1, 0.15) is 0 Å². The molecule has 1 aromatic heterocycles. The first kappa shape index (κ1) is 18.2. The van der Waals surface area contributed by atoms with Crippen LogP contribution in [0.25, 0.3) is 0 Å². The number of rotatable bonds is 7. The molecule has 0 aliphatic carbocycles. The van der Waals surface area contributed by atoms with E-state index in [9.17, 15) is 0 Å². The van der Waals surface area contributed by atoms with Gasteiger partial charge in [-0.25, -0.2) is 0 Å². The highest BCUT2D eigenvalue weighted by atomic mass is 35.5. The molecule has 0 aliphatic rings. The van der Waals surface area contributed by atoms with Crippen molar-refractivity contribution in [2.24, 2.45) is 0 Å². The lowest BCUT2D eigenvalue weighted by molar-refractivity contribution is -0.106. The minimum atomic E-state index is -0.469.